The van der Waals surface area contributed by atoms with Crippen LogP contribution < -0.4 is 35.1 Å². The van der Waals surface area contributed by atoms with Gasteiger partial charge in [0.25, 0.3) is 15.7 Å². The van der Waals surface area contributed by atoms with E-state index in [0.29, 0.717) is 38.2 Å². The number of imidazole rings is 1. The van der Waals surface area contributed by atoms with Gasteiger partial charge in [0.05, 0.1) is 15.9 Å². The topological polar surface area (TPSA) is 88.7 Å². The number of para-hydroxylation sites is 2. The number of hydrogen-bond donors (Lipinski definition) is 1. The van der Waals surface area contributed by atoms with E-state index in [4.69, 9.17) is 0 Å². The van der Waals surface area contributed by atoms with Crippen LogP contribution in [0.1, 0.15) is 0 Å². The SMILES string of the molecule is O=c1c2cccc3cc(S(=O)(=O)O)cc(c32)c2nc3ccccc3n12.[Na+]. The molecule has 0 unspecified atom stereocenters. The summed E-state index contributed by atoms with van der Waals surface area (Å²) < 4.78 is 34.3. The minimum absolute atomic E-state index is 0. The molecule has 0 fully saturated rings. The van der Waals surface area contributed by atoms with Crippen molar-refractivity contribution in [2.75, 3.05) is 0 Å². The van der Waals surface area contributed by atoms with Crippen LogP contribution in [-0.2, 0) is 10.1 Å². The fourth-order valence-corrected chi connectivity index (χ4v) is 3.98. The summed E-state index contributed by atoms with van der Waals surface area (Å²) in [6, 6.07) is 15.1. The van der Waals surface area contributed by atoms with Crippen molar-refractivity contribution in [2.24, 2.45) is 0 Å². The van der Waals surface area contributed by atoms with E-state index in [1.165, 1.54) is 16.5 Å². The van der Waals surface area contributed by atoms with Crippen LogP contribution >= 0.6 is 0 Å². The molecule has 0 aliphatic rings. The van der Waals surface area contributed by atoms with Gasteiger partial charge in [-0.3, -0.25) is 13.7 Å². The monoisotopic (exact) mass is 373 g/mol. The van der Waals surface area contributed by atoms with Gasteiger partial charge in [-0.15, -0.1) is 0 Å². The summed E-state index contributed by atoms with van der Waals surface area (Å²) in [7, 11) is -4.38. The van der Waals surface area contributed by atoms with E-state index in [1.807, 2.05) is 12.1 Å². The first-order chi connectivity index (χ1) is 11.9. The average molecular weight is 373 g/mol. The molecular formula is C18H10N2NaO4S+. The Morgan fingerprint density at radius 2 is 1.73 bits per heavy atom. The molecule has 122 valence electrons. The van der Waals surface area contributed by atoms with Crippen molar-refractivity contribution in [3.05, 3.63) is 65.0 Å². The van der Waals surface area contributed by atoms with Gasteiger partial charge >= 0.3 is 29.6 Å². The van der Waals surface area contributed by atoms with E-state index in [0.717, 1.165) is 0 Å². The third kappa shape index (κ3) is 2.29. The Balaban J connectivity index is 0.00000168. The van der Waals surface area contributed by atoms with E-state index in [9.17, 15) is 17.8 Å². The molecule has 0 saturated carbocycles. The van der Waals surface area contributed by atoms with Crippen molar-refractivity contribution in [1.29, 1.82) is 0 Å². The van der Waals surface area contributed by atoms with Gasteiger partial charge < -0.3 is 0 Å². The maximum absolute atomic E-state index is 13.0. The number of rotatable bonds is 1. The van der Waals surface area contributed by atoms with Gasteiger partial charge in [-0.05, 0) is 35.7 Å². The van der Waals surface area contributed by atoms with Crippen molar-refractivity contribution in [3.63, 3.8) is 0 Å². The Labute approximate surface area is 169 Å². The number of aromatic nitrogens is 2. The molecule has 0 bridgehead atoms. The molecule has 0 aliphatic heterocycles. The molecule has 0 atom stereocenters. The smallest absolute Gasteiger partial charge is 0.282 e. The Hall–Kier alpha value is -2.03. The third-order valence-corrected chi connectivity index (χ3v) is 5.31. The zero-order valence-electron chi connectivity index (χ0n) is 13.7. The summed E-state index contributed by atoms with van der Waals surface area (Å²) in [6.07, 6.45) is 0. The van der Waals surface area contributed by atoms with Crippen LogP contribution in [0.25, 0.3) is 38.2 Å². The van der Waals surface area contributed by atoms with Gasteiger partial charge in [0, 0.05) is 16.2 Å². The molecule has 5 aromatic rings. The molecule has 2 aromatic heterocycles. The molecule has 0 amide bonds. The molecular weight excluding hydrogens is 363 g/mol. The Morgan fingerprint density at radius 3 is 2.50 bits per heavy atom. The Bertz CT molecular complexity index is 1490. The van der Waals surface area contributed by atoms with Gasteiger partial charge in [0.1, 0.15) is 5.65 Å². The van der Waals surface area contributed by atoms with Crippen LogP contribution in [0.15, 0.2) is 64.3 Å². The first kappa shape index (κ1) is 17.4. The summed E-state index contributed by atoms with van der Waals surface area (Å²) in [5, 5.41) is 2.19. The molecule has 5 rings (SSSR count). The van der Waals surface area contributed by atoms with Gasteiger partial charge in [0.2, 0.25) is 0 Å². The van der Waals surface area contributed by atoms with Gasteiger partial charge in [-0.1, -0.05) is 24.3 Å². The largest absolute Gasteiger partial charge is 1.00 e. The summed E-state index contributed by atoms with van der Waals surface area (Å²) in [5.74, 6) is 0. The molecule has 0 radical (unpaired) electrons. The number of pyridine rings is 1. The maximum Gasteiger partial charge on any atom is 1.00 e. The van der Waals surface area contributed by atoms with E-state index < -0.39 is 10.1 Å². The molecule has 0 saturated heterocycles. The van der Waals surface area contributed by atoms with E-state index >= 15 is 0 Å². The number of hydrogen-bond acceptors (Lipinski definition) is 4. The van der Waals surface area contributed by atoms with Crippen LogP contribution in [0.2, 0.25) is 0 Å². The predicted octanol–water partition coefficient (Wildman–Crippen LogP) is -0.157. The van der Waals surface area contributed by atoms with E-state index in [2.05, 4.69) is 4.98 Å². The van der Waals surface area contributed by atoms with Crippen LogP contribution in [-0.4, -0.2) is 22.4 Å². The molecule has 6 nitrogen and oxygen atoms in total. The summed E-state index contributed by atoms with van der Waals surface area (Å²) >= 11 is 0. The fourth-order valence-electron chi connectivity index (χ4n) is 3.44. The van der Waals surface area contributed by atoms with Gasteiger partial charge in [-0.25, -0.2) is 4.98 Å². The normalized spacial score (nSPS) is 12.2. The first-order valence-corrected chi connectivity index (χ1v) is 8.96. The second-order valence-corrected chi connectivity index (χ2v) is 7.34. The van der Waals surface area contributed by atoms with Crippen molar-refractivity contribution in [1.82, 2.24) is 9.38 Å². The third-order valence-electron chi connectivity index (χ3n) is 4.48. The van der Waals surface area contributed by atoms with Crippen LogP contribution in [0.5, 0.6) is 0 Å². The van der Waals surface area contributed by atoms with Gasteiger partial charge in [-0.2, -0.15) is 8.42 Å². The van der Waals surface area contributed by atoms with E-state index in [-0.39, 0.29) is 40.0 Å². The Morgan fingerprint density at radius 1 is 0.962 bits per heavy atom. The van der Waals surface area contributed by atoms with Gasteiger partial charge in [0.15, 0.2) is 0 Å². The quantitative estimate of drug-likeness (QED) is 0.326. The number of nitrogens with zero attached hydrogens (tertiary/aromatic N) is 2. The molecule has 8 heteroatoms. The van der Waals surface area contributed by atoms with Crippen molar-refractivity contribution in [2.45, 2.75) is 4.90 Å². The van der Waals surface area contributed by atoms with Crippen LogP contribution in [0.4, 0.5) is 0 Å². The van der Waals surface area contributed by atoms with Crippen molar-refractivity contribution < 1.29 is 42.5 Å². The van der Waals surface area contributed by atoms with Crippen LogP contribution in [0, 0.1) is 0 Å². The van der Waals surface area contributed by atoms with E-state index in [1.54, 1.807) is 30.3 Å². The molecule has 26 heavy (non-hydrogen) atoms. The zero-order chi connectivity index (χ0) is 17.3. The minimum Gasteiger partial charge on any atom is -0.282 e. The standard InChI is InChI=1S/C18H10N2O4S.Na/c21-18-12-5-3-4-10-8-11(25(22,23)24)9-13(16(10)12)17-19-14-6-1-2-7-15(14)20(17)18;/h1-9H,(H,22,23,24);/q;+1. The maximum atomic E-state index is 13.0. The fraction of sp³-hybridized carbons (Fsp3) is 0. The van der Waals surface area contributed by atoms with Crippen LogP contribution in [0.3, 0.4) is 0 Å². The number of benzene rings is 3. The molecule has 2 heterocycles. The summed E-state index contributed by atoms with van der Waals surface area (Å²) in [4.78, 5) is 17.3. The molecule has 0 aliphatic carbocycles. The van der Waals surface area contributed by atoms with Crippen molar-refractivity contribution >= 4 is 48.3 Å². The molecule has 1 N–H and O–H groups in total. The average Bonchev–Trinajstić information content (AvgIpc) is 2.98. The predicted molar refractivity (Wildman–Crippen MR) is 95.0 cm³/mol. The Kier molecular flexibility index (Phi) is 3.83. The first-order valence-electron chi connectivity index (χ1n) is 7.52. The minimum atomic E-state index is -4.38. The number of fused-ring (bicyclic) bond motifs is 4. The van der Waals surface area contributed by atoms with Crippen molar-refractivity contribution in [3.8, 4) is 0 Å². The summed E-state index contributed by atoms with van der Waals surface area (Å²) in [6.45, 7) is 0. The molecule has 3 aromatic carbocycles. The summed E-state index contributed by atoms with van der Waals surface area (Å²) in [5.41, 5.74) is 1.47. The second kappa shape index (κ2) is 5.73. The molecule has 0 spiro atoms. The zero-order valence-corrected chi connectivity index (χ0v) is 16.5. The second-order valence-electron chi connectivity index (χ2n) is 5.91.